The minimum absolute atomic E-state index is 0.00452. The summed E-state index contributed by atoms with van der Waals surface area (Å²) in [5.74, 6) is -0.491. The van der Waals surface area contributed by atoms with Crippen LogP contribution in [0.3, 0.4) is 0 Å². The molecule has 6 heteroatoms. The molecule has 0 bridgehead atoms. The molecule has 2 amide bonds. The lowest BCUT2D eigenvalue weighted by Crippen LogP contribution is -2.48. The molecule has 1 heterocycles. The molecule has 1 N–H and O–H groups in total. The van der Waals surface area contributed by atoms with Crippen molar-refractivity contribution in [1.29, 1.82) is 0 Å². The molecule has 1 rings (SSSR count). The Labute approximate surface area is 119 Å². The van der Waals surface area contributed by atoms with Gasteiger partial charge in [-0.2, -0.15) is 0 Å². The van der Waals surface area contributed by atoms with E-state index in [9.17, 15) is 14.4 Å². The van der Waals surface area contributed by atoms with Crippen molar-refractivity contribution in [3.63, 3.8) is 0 Å². The maximum atomic E-state index is 12.0. The van der Waals surface area contributed by atoms with E-state index < -0.39 is 12.0 Å². The van der Waals surface area contributed by atoms with Crippen LogP contribution in [0.25, 0.3) is 0 Å². The third-order valence-corrected chi connectivity index (χ3v) is 3.28. The van der Waals surface area contributed by atoms with Gasteiger partial charge in [-0.25, -0.2) is 4.79 Å². The number of hydrogen-bond donors (Lipinski definition) is 1. The fourth-order valence-corrected chi connectivity index (χ4v) is 2.27. The molecule has 0 aliphatic carbocycles. The summed E-state index contributed by atoms with van der Waals surface area (Å²) in [5, 5.41) is 2.66. The Balaban J connectivity index is 2.52. The van der Waals surface area contributed by atoms with Gasteiger partial charge < -0.3 is 15.0 Å². The van der Waals surface area contributed by atoms with Crippen LogP contribution in [0, 0.1) is 5.92 Å². The molecule has 1 aliphatic heterocycles. The third-order valence-electron chi connectivity index (χ3n) is 3.28. The average Bonchev–Trinajstić information content (AvgIpc) is 2.39. The van der Waals surface area contributed by atoms with E-state index in [1.807, 2.05) is 13.8 Å². The highest BCUT2D eigenvalue weighted by Gasteiger charge is 2.25. The van der Waals surface area contributed by atoms with Gasteiger partial charge in [-0.3, -0.25) is 9.59 Å². The maximum absolute atomic E-state index is 12.0. The van der Waals surface area contributed by atoms with Gasteiger partial charge in [0.2, 0.25) is 11.8 Å². The lowest BCUT2D eigenvalue weighted by Gasteiger charge is -2.27. The van der Waals surface area contributed by atoms with E-state index in [0.717, 1.165) is 12.8 Å². The molecule has 0 aromatic rings. The number of piperidine rings is 1. The van der Waals surface area contributed by atoms with E-state index >= 15 is 0 Å². The van der Waals surface area contributed by atoms with Crippen LogP contribution in [0.4, 0.5) is 0 Å². The topological polar surface area (TPSA) is 75.7 Å². The monoisotopic (exact) mass is 284 g/mol. The van der Waals surface area contributed by atoms with Crippen LogP contribution in [-0.4, -0.2) is 48.9 Å². The van der Waals surface area contributed by atoms with Crippen molar-refractivity contribution < 1.29 is 19.1 Å². The molecule has 1 atom stereocenters. The van der Waals surface area contributed by atoms with Crippen molar-refractivity contribution in [2.45, 2.75) is 45.6 Å². The van der Waals surface area contributed by atoms with Gasteiger partial charge in [0.05, 0.1) is 13.7 Å². The second-order valence-corrected chi connectivity index (χ2v) is 5.55. The summed E-state index contributed by atoms with van der Waals surface area (Å²) in [6, 6.07) is -0.646. The number of nitrogens with zero attached hydrogens (tertiary/aromatic N) is 1. The van der Waals surface area contributed by atoms with Crippen molar-refractivity contribution >= 4 is 17.8 Å². The highest BCUT2D eigenvalue weighted by molar-refractivity contribution is 5.88. The quantitative estimate of drug-likeness (QED) is 0.729. The second kappa shape index (κ2) is 7.87. The number of methoxy groups -OCH3 is 1. The van der Waals surface area contributed by atoms with Gasteiger partial charge in [0.15, 0.2) is 0 Å². The van der Waals surface area contributed by atoms with Crippen LogP contribution in [0.1, 0.15) is 39.5 Å². The fourth-order valence-electron chi connectivity index (χ4n) is 2.27. The summed E-state index contributed by atoms with van der Waals surface area (Å²) in [6.07, 6.45) is 2.83. The Morgan fingerprint density at radius 2 is 2.05 bits per heavy atom. The molecule has 1 saturated heterocycles. The normalized spacial score (nSPS) is 17.0. The summed E-state index contributed by atoms with van der Waals surface area (Å²) in [6.45, 7) is 4.57. The lowest BCUT2D eigenvalue weighted by molar-refractivity contribution is -0.146. The maximum Gasteiger partial charge on any atom is 0.328 e. The van der Waals surface area contributed by atoms with Gasteiger partial charge in [-0.1, -0.05) is 13.8 Å². The largest absolute Gasteiger partial charge is 0.467 e. The van der Waals surface area contributed by atoms with Gasteiger partial charge in [0.25, 0.3) is 0 Å². The Morgan fingerprint density at radius 1 is 1.35 bits per heavy atom. The first-order valence-electron chi connectivity index (χ1n) is 7.09. The van der Waals surface area contributed by atoms with Crippen molar-refractivity contribution in [1.82, 2.24) is 10.2 Å². The summed E-state index contributed by atoms with van der Waals surface area (Å²) >= 11 is 0. The zero-order chi connectivity index (χ0) is 15.1. The summed E-state index contributed by atoms with van der Waals surface area (Å²) < 4.78 is 4.69. The number of carbonyl (C=O) groups is 3. The fraction of sp³-hybridized carbons (Fsp3) is 0.786. The Morgan fingerprint density at radius 3 is 2.60 bits per heavy atom. The van der Waals surface area contributed by atoms with E-state index in [-0.39, 0.29) is 24.3 Å². The third kappa shape index (κ3) is 5.19. The first kappa shape index (κ1) is 16.5. The number of likely N-dealkylation sites (tertiary alicyclic amines) is 1. The Hall–Kier alpha value is -1.59. The molecular weight excluding hydrogens is 260 g/mol. The van der Waals surface area contributed by atoms with Crippen molar-refractivity contribution in [3.8, 4) is 0 Å². The van der Waals surface area contributed by atoms with Crippen LogP contribution in [0.15, 0.2) is 0 Å². The number of esters is 1. The molecule has 0 saturated carbocycles. The molecule has 1 unspecified atom stereocenters. The van der Waals surface area contributed by atoms with Crippen LogP contribution in [-0.2, 0) is 19.1 Å². The van der Waals surface area contributed by atoms with Crippen LogP contribution < -0.4 is 5.32 Å². The van der Waals surface area contributed by atoms with Crippen LogP contribution in [0.5, 0.6) is 0 Å². The number of nitrogens with one attached hydrogen (secondary N) is 1. The van der Waals surface area contributed by atoms with E-state index in [2.05, 4.69) is 5.32 Å². The van der Waals surface area contributed by atoms with Crippen molar-refractivity contribution in [2.75, 3.05) is 20.2 Å². The zero-order valence-electron chi connectivity index (χ0n) is 12.5. The molecule has 1 aliphatic rings. The molecule has 114 valence electrons. The number of hydrogen-bond acceptors (Lipinski definition) is 4. The smallest absolute Gasteiger partial charge is 0.328 e. The SMILES string of the molecule is COC(=O)C(CC(C)C)NC(=O)CN1CCCCC1=O. The van der Waals surface area contributed by atoms with Gasteiger partial charge in [-0.15, -0.1) is 0 Å². The molecule has 6 nitrogen and oxygen atoms in total. The summed E-state index contributed by atoms with van der Waals surface area (Å²) in [4.78, 5) is 36.8. The first-order chi connectivity index (χ1) is 9.43. The highest BCUT2D eigenvalue weighted by atomic mass is 16.5. The highest BCUT2D eigenvalue weighted by Crippen LogP contribution is 2.10. The summed E-state index contributed by atoms with van der Waals surface area (Å²) in [7, 11) is 1.30. The first-order valence-corrected chi connectivity index (χ1v) is 7.09. The molecule has 20 heavy (non-hydrogen) atoms. The Bertz CT molecular complexity index is 368. The minimum Gasteiger partial charge on any atom is -0.467 e. The zero-order valence-corrected chi connectivity index (χ0v) is 12.5. The van der Waals surface area contributed by atoms with Crippen LogP contribution >= 0.6 is 0 Å². The minimum atomic E-state index is -0.646. The molecule has 1 fully saturated rings. The molecular formula is C14H24N2O4. The van der Waals surface area contributed by atoms with E-state index in [1.54, 1.807) is 4.90 Å². The van der Waals surface area contributed by atoms with Crippen LogP contribution in [0.2, 0.25) is 0 Å². The average molecular weight is 284 g/mol. The van der Waals surface area contributed by atoms with Gasteiger partial charge in [0, 0.05) is 13.0 Å². The second-order valence-electron chi connectivity index (χ2n) is 5.55. The van der Waals surface area contributed by atoms with Gasteiger partial charge >= 0.3 is 5.97 Å². The number of amides is 2. The molecule has 0 aromatic carbocycles. The molecule has 0 radical (unpaired) electrons. The predicted octanol–water partition coefficient (Wildman–Crippen LogP) is 0.703. The van der Waals surface area contributed by atoms with E-state index in [4.69, 9.17) is 4.74 Å². The molecule has 0 aromatic heterocycles. The van der Waals surface area contributed by atoms with Crippen molar-refractivity contribution in [3.05, 3.63) is 0 Å². The molecule has 0 spiro atoms. The van der Waals surface area contributed by atoms with Gasteiger partial charge in [-0.05, 0) is 25.2 Å². The number of rotatable bonds is 6. The van der Waals surface area contributed by atoms with Crippen molar-refractivity contribution in [2.24, 2.45) is 5.92 Å². The van der Waals surface area contributed by atoms with Gasteiger partial charge in [0.1, 0.15) is 6.04 Å². The van der Waals surface area contributed by atoms with E-state index in [1.165, 1.54) is 7.11 Å². The van der Waals surface area contributed by atoms with E-state index in [0.29, 0.717) is 19.4 Å². The predicted molar refractivity (Wildman–Crippen MR) is 73.8 cm³/mol. The summed E-state index contributed by atoms with van der Waals surface area (Å²) in [5.41, 5.74) is 0. The Kier molecular flexibility index (Phi) is 6.48. The standard InChI is InChI=1S/C14H24N2O4/c1-10(2)8-11(14(19)20-3)15-12(17)9-16-7-5-4-6-13(16)18/h10-11H,4-9H2,1-3H3,(H,15,17). The number of carbonyl (C=O) groups excluding carboxylic acids is 3. The number of ether oxygens (including phenoxy) is 1. The lowest BCUT2D eigenvalue weighted by atomic mass is 10.0.